The largest absolute Gasteiger partial charge is 0.393 e. The number of likely N-dealkylation sites (tertiary alicyclic amines) is 1. The van der Waals surface area contributed by atoms with Crippen molar-refractivity contribution in [1.29, 1.82) is 0 Å². The van der Waals surface area contributed by atoms with Crippen LogP contribution >= 0.6 is 0 Å². The van der Waals surface area contributed by atoms with Gasteiger partial charge in [0.05, 0.1) is 11.5 Å². The number of aliphatic hydroxyl groups excluding tert-OH is 1. The highest BCUT2D eigenvalue weighted by atomic mass is 16.3. The summed E-state index contributed by atoms with van der Waals surface area (Å²) in [5.74, 6) is 1.16. The zero-order valence-corrected chi connectivity index (χ0v) is 13.1. The van der Waals surface area contributed by atoms with E-state index >= 15 is 0 Å². The lowest BCUT2D eigenvalue weighted by molar-refractivity contribution is -0.136. The van der Waals surface area contributed by atoms with Crippen molar-refractivity contribution in [2.75, 3.05) is 13.1 Å². The minimum Gasteiger partial charge on any atom is -0.393 e. The van der Waals surface area contributed by atoms with Crippen LogP contribution < -0.4 is 0 Å². The monoisotopic (exact) mass is 299 g/mol. The first-order chi connectivity index (χ1) is 10.7. The van der Waals surface area contributed by atoms with E-state index in [1.807, 2.05) is 18.2 Å². The summed E-state index contributed by atoms with van der Waals surface area (Å²) in [5, 5.41) is 10.1. The molecule has 3 atom stereocenters. The summed E-state index contributed by atoms with van der Waals surface area (Å²) in [6, 6.07) is 10.4. The Labute approximate surface area is 132 Å². The molecular weight excluding hydrogens is 274 g/mol. The van der Waals surface area contributed by atoms with Gasteiger partial charge in [-0.25, -0.2) is 0 Å². The van der Waals surface area contributed by atoms with E-state index in [1.54, 1.807) is 0 Å². The molecule has 2 aliphatic carbocycles. The van der Waals surface area contributed by atoms with Gasteiger partial charge in [0.15, 0.2) is 0 Å². The molecule has 3 nitrogen and oxygen atoms in total. The molecule has 1 aromatic carbocycles. The van der Waals surface area contributed by atoms with Crippen LogP contribution in [0.5, 0.6) is 0 Å². The molecule has 1 amide bonds. The van der Waals surface area contributed by atoms with Crippen LogP contribution in [0.1, 0.15) is 44.1 Å². The number of hydrogen-bond donors (Lipinski definition) is 1. The molecule has 2 saturated carbocycles. The van der Waals surface area contributed by atoms with E-state index in [-0.39, 0.29) is 11.5 Å². The second-order valence-corrected chi connectivity index (χ2v) is 7.43. The van der Waals surface area contributed by atoms with Crippen LogP contribution in [0.3, 0.4) is 0 Å². The molecule has 0 bridgehead atoms. The minimum absolute atomic E-state index is 0.195. The van der Waals surface area contributed by atoms with Crippen molar-refractivity contribution in [2.24, 2.45) is 11.8 Å². The first-order valence-electron chi connectivity index (χ1n) is 8.74. The first-order valence-corrected chi connectivity index (χ1v) is 8.74. The minimum atomic E-state index is -0.301. The van der Waals surface area contributed by atoms with E-state index in [1.165, 1.54) is 5.56 Å². The molecule has 0 unspecified atom stereocenters. The van der Waals surface area contributed by atoms with Crippen LogP contribution in [0, 0.1) is 11.8 Å². The van der Waals surface area contributed by atoms with Crippen molar-refractivity contribution < 1.29 is 9.90 Å². The Kier molecular flexibility index (Phi) is 3.48. The lowest BCUT2D eigenvalue weighted by Gasteiger charge is -2.33. The number of benzene rings is 1. The van der Waals surface area contributed by atoms with E-state index in [4.69, 9.17) is 0 Å². The summed E-state index contributed by atoms with van der Waals surface area (Å²) in [6.07, 6.45) is 6.04. The number of carbonyl (C=O) groups excluding carboxylic acids is 1. The molecule has 0 spiro atoms. The Morgan fingerprint density at radius 3 is 2.50 bits per heavy atom. The van der Waals surface area contributed by atoms with Gasteiger partial charge in [0, 0.05) is 19.0 Å². The average molecular weight is 299 g/mol. The summed E-state index contributed by atoms with van der Waals surface area (Å²) < 4.78 is 0. The number of aliphatic hydroxyl groups is 1. The second kappa shape index (κ2) is 5.38. The molecule has 4 rings (SSSR count). The van der Waals surface area contributed by atoms with Gasteiger partial charge in [-0.2, -0.15) is 0 Å². The molecule has 3 heteroatoms. The number of carbonyl (C=O) groups is 1. The highest BCUT2D eigenvalue weighted by molar-refractivity contribution is 5.89. The maximum Gasteiger partial charge on any atom is 0.233 e. The van der Waals surface area contributed by atoms with Crippen molar-refractivity contribution >= 4 is 5.91 Å². The van der Waals surface area contributed by atoms with Gasteiger partial charge in [0.1, 0.15) is 0 Å². The van der Waals surface area contributed by atoms with Crippen LogP contribution in [0.25, 0.3) is 0 Å². The van der Waals surface area contributed by atoms with Crippen molar-refractivity contribution in [3.8, 4) is 0 Å². The predicted octanol–water partition coefficient (Wildman–Crippen LogP) is 2.73. The maximum atomic E-state index is 13.4. The molecule has 118 valence electrons. The predicted molar refractivity (Wildman–Crippen MR) is 85.4 cm³/mol. The third-order valence-corrected chi connectivity index (χ3v) is 6.30. The quantitative estimate of drug-likeness (QED) is 0.912. The summed E-state index contributed by atoms with van der Waals surface area (Å²) >= 11 is 0. The zero-order valence-electron chi connectivity index (χ0n) is 13.1. The normalized spacial score (nSPS) is 33.1. The molecule has 3 aliphatic rings. The molecule has 1 heterocycles. The van der Waals surface area contributed by atoms with Gasteiger partial charge in [0.25, 0.3) is 0 Å². The molecule has 0 aromatic heterocycles. The number of rotatable bonds is 2. The second-order valence-electron chi connectivity index (χ2n) is 7.43. The summed E-state index contributed by atoms with van der Waals surface area (Å²) in [6.45, 7) is 1.62. The molecule has 1 aromatic rings. The standard InChI is InChI=1S/C19H25NO2/c21-17-9-8-14-12-20(13-16(14)17)18(22)19(10-4-5-11-19)15-6-2-1-3-7-15/h1-3,6-7,14,16-17,21H,4-5,8-13H2/t14-,16+,17-/m1/s1. The van der Waals surface area contributed by atoms with Crippen LogP contribution in [-0.2, 0) is 10.2 Å². The Balaban J connectivity index is 1.60. The summed E-state index contributed by atoms with van der Waals surface area (Å²) in [4.78, 5) is 15.4. The lowest BCUT2D eigenvalue weighted by atomic mass is 9.77. The van der Waals surface area contributed by atoms with Crippen LogP contribution in [0.2, 0.25) is 0 Å². The number of amides is 1. The van der Waals surface area contributed by atoms with Gasteiger partial charge in [-0.1, -0.05) is 43.2 Å². The Morgan fingerprint density at radius 2 is 1.82 bits per heavy atom. The molecular formula is C19H25NO2. The van der Waals surface area contributed by atoms with Crippen molar-refractivity contribution in [3.63, 3.8) is 0 Å². The van der Waals surface area contributed by atoms with Gasteiger partial charge in [-0.3, -0.25) is 4.79 Å². The van der Waals surface area contributed by atoms with Gasteiger partial charge in [0.2, 0.25) is 5.91 Å². The van der Waals surface area contributed by atoms with Crippen molar-refractivity contribution in [1.82, 2.24) is 4.90 Å². The fraction of sp³-hybridized carbons (Fsp3) is 0.632. The smallest absolute Gasteiger partial charge is 0.233 e. The Hall–Kier alpha value is -1.35. The Bertz CT molecular complexity index is 550. The fourth-order valence-electron chi connectivity index (χ4n) is 5.07. The fourth-order valence-corrected chi connectivity index (χ4v) is 5.07. The first kappa shape index (κ1) is 14.3. The number of hydrogen-bond acceptors (Lipinski definition) is 2. The summed E-state index contributed by atoms with van der Waals surface area (Å²) in [7, 11) is 0. The number of nitrogens with zero attached hydrogens (tertiary/aromatic N) is 1. The molecule has 1 aliphatic heterocycles. The highest BCUT2D eigenvalue weighted by Gasteiger charge is 2.50. The topological polar surface area (TPSA) is 40.5 Å². The lowest BCUT2D eigenvalue weighted by Crippen LogP contribution is -2.45. The SMILES string of the molecule is O=C(N1C[C@H]2CC[C@@H](O)[C@H]2C1)C1(c2ccccc2)CCCC1. The van der Waals surface area contributed by atoms with Crippen LogP contribution in [0.4, 0.5) is 0 Å². The Morgan fingerprint density at radius 1 is 1.09 bits per heavy atom. The van der Waals surface area contributed by atoms with E-state index in [2.05, 4.69) is 17.0 Å². The van der Waals surface area contributed by atoms with Crippen molar-refractivity contribution in [3.05, 3.63) is 35.9 Å². The highest BCUT2D eigenvalue weighted by Crippen LogP contribution is 2.45. The molecule has 22 heavy (non-hydrogen) atoms. The molecule has 3 fully saturated rings. The number of fused-ring (bicyclic) bond motifs is 1. The van der Waals surface area contributed by atoms with E-state index < -0.39 is 0 Å². The maximum absolute atomic E-state index is 13.4. The van der Waals surface area contributed by atoms with Gasteiger partial charge in [-0.15, -0.1) is 0 Å². The van der Waals surface area contributed by atoms with Gasteiger partial charge >= 0.3 is 0 Å². The van der Waals surface area contributed by atoms with E-state index in [0.29, 0.717) is 17.7 Å². The van der Waals surface area contributed by atoms with Gasteiger partial charge < -0.3 is 10.0 Å². The van der Waals surface area contributed by atoms with Gasteiger partial charge in [-0.05, 0) is 37.2 Å². The van der Waals surface area contributed by atoms with E-state index in [0.717, 1.165) is 51.6 Å². The van der Waals surface area contributed by atoms with Crippen LogP contribution in [0.15, 0.2) is 30.3 Å². The van der Waals surface area contributed by atoms with Crippen LogP contribution in [-0.4, -0.2) is 35.1 Å². The third-order valence-electron chi connectivity index (χ3n) is 6.30. The molecule has 0 radical (unpaired) electrons. The molecule has 1 N–H and O–H groups in total. The molecule has 1 saturated heterocycles. The third kappa shape index (κ3) is 2.10. The van der Waals surface area contributed by atoms with Crippen molar-refractivity contribution in [2.45, 2.75) is 50.0 Å². The zero-order chi connectivity index (χ0) is 15.2. The van der Waals surface area contributed by atoms with E-state index in [9.17, 15) is 9.90 Å². The summed E-state index contributed by atoms with van der Waals surface area (Å²) in [5.41, 5.74) is 0.889. The average Bonchev–Trinajstić information content (AvgIpc) is 3.26.